The molecular formula is C17H25Cl2N3O. The number of carbonyl (C=O) groups is 1. The van der Waals surface area contributed by atoms with Crippen LogP contribution in [0.5, 0.6) is 0 Å². The van der Waals surface area contributed by atoms with E-state index in [1.54, 1.807) is 6.07 Å². The van der Waals surface area contributed by atoms with E-state index >= 15 is 0 Å². The van der Waals surface area contributed by atoms with Crippen LogP contribution in [0.3, 0.4) is 0 Å². The molecule has 128 valence electrons. The number of hydrogen-bond acceptors (Lipinski definition) is 3. The molecular weight excluding hydrogens is 333 g/mol. The molecule has 1 aromatic carbocycles. The maximum Gasteiger partial charge on any atom is 0.234 e. The van der Waals surface area contributed by atoms with E-state index in [2.05, 4.69) is 22.2 Å². The molecule has 4 nitrogen and oxygen atoms in total. The molecule has 23 heavy (non-hydrogen) atoms. The molecule has 1 amide bonds. The normalized spacial score (nSPS) is 16.7. The average Bonchev–Trinajstić information content (AvgIpc) is 2.50. The van der Waals surface area contributed by atoms with Crippen molar-refractivity contribution in [3.63, 3.8) is 0 Å². The first-order valence-corrected chi connectivity index (χ1v) is 8.80. The maximum atomic E-state index is 12.1. The number of rotatable bonds is 6. The number of halogens is 2. The van der Waals surface area contributed by atoms with E-state index < -0.39 is 0 Å². The van der Waals surface area contributed by atoms with E-state index in [9.17, 15) is 4.79 Å². The number of carbonyl (C=O) groups excluding carboxylic acids is 1. The van der Waals surface area contributed by atoms with Gasteiger partial charge in [-0.3, -0.25) is 9.69 Å². The van der Waals surface area contributed by atoms with Gasteiger partial charge in [-0.2, -0.15) is 0 Å². The lowest BCUT2D eigenvalue weighted by Crippen LogP contribution is -2.45. The minimum absolute atomic E-state index is 0.0662. The second-order valence-corrected chi connectivity index (χ2v) is 7.13. The summed E-state index contributed by atoms with van der Waals surface area (Å²) in [7, 11) is 4.18. The Morgan fingerprint density at radius 3 is 2.70 bits per heavy atom. The van der Waals surface area contributed by atoms with E-state index in [1.165, 1.54) is 0 Å². The van der Waals surface area contributed by atoms with Crippen molar-refractivity contribution in [2.75, 3.05) is 40.3 Å². The van der Waals surface area contributed by atoms with E-state index in [0.29, 0.717) is 35.6 Å². The van der Waals surface area contributed by atoms with Crippen molar-refractivity contribution < 1.29 is 4.79 Å². The molecule has 1 aromatic rings. The SMILES string of the molecule is CN1CCC(N(C)CC(=O)NCCc2ccc(Cl)cc2Cl)CC1. The van der Waals surface area contributed by atoms with Gasteiger partial charge in [0, 0.05) is 22.6 Å². The number of nitrogens with zero attached hydrogens (tertiary/aromatic N) is 2. The van der Waals surface area contributed by atoms with E-state index in [1.807, 2.05) is 19.2 Å². The van der Waals surface area contributed by atoms with Gasteiger partial charge in [0.25, 0.3) is 0 Å². The van der Waals surface area contributed by atoms with Crippen LogP contribution in [0.1, 0.15) is 18.4 Å². The summed E-state index contributed by atoms with van der Waals surface area (Å²) in [6.07, 6.45) is 2.96. The van der Waals surface area contributed by atoms with Gasteiger partial charge in [0.15, 0.2) is 0 Å². The monoisotopic (exact) mass is 357 g/mol. The molecule has 0 saturated carbocycles. The Hall–Kier alpha value is -0.810. The molecule has 0 aromatic heterocycles. The fourth-order valence-corrected chi connectivity index (χ4v) is 3.41. The minimum atomic E-state index is 0.0662. The van der Waals surface area contributed by atoms with Crippen molar-refractivity contribution in [3.8, 4) is 0 Å². The van der Waals surface area contributed by atoms with Crippen LogP contribution in [0.15, 0.2) is 18.2 Å². The highest BCUT2D eigenvalue weighted by Crippen LogP contribution is 2.21. The first-order valence-electron chi connectivity index (χ1n) is 8.05. The molecule has 1 N–H and O–H groups in total. The van der Waals surface area contributed by atoms with Crippen LogP contribution in [-0.2, 0) is 11.2 Å². The Morgan fingerprint density at radius 2 is 2.04 bits per heavy atom. The van der Waals surface area contributed by atoms with Gasteiger partial charge in [-0.25, -0.2) is 0 Å². The highest BCUT2D eigenvalue weighted by molar-refractivity contribution is 6.35. The molecule has 0 bridgehead atoms. The highest BCUT2D eigenvalue weighted by atomic mass is 35.5. The van der Waals surface area contributed by atoms with Gasteiger partial charge in [0.05, 0.1) is 6.54 Å². The van der Waals surface area contributed by atoms with Crippen LogP contribution < -0.4 is 5.32 Å². The molecule has 2 rings (SSSR count). The number of hydrogen-bond donors (Lipinski definition) is 1. The van der Waals surface area contributed by atoms with Gasteiger partial charge in [0.1, 0.15) is 0 Å². The number of likely N-dealkylation sites (N-methyl/N-ethyl adjacent to an activating group) is 1. The second kappa shape index (κ2) is 8.88. The molecule has 0 atom stereocenters. The molecule has 1 heterocycles. The third-order valence-corrected chi connectivity index (χ3v) is 5.02. The van der Waals surface area contributed by atoms with Crippen molar-refractivity contribution in [1.82, 2.24) is 15.1 Å². The third-order valence-electron chi connectivity index (χ3n) is 4.44. The lowest BCUT2D eigenvalue weighted by Gasteiger charge is -2.34. The molecule has 0 radical (unpaired) electrons. The zero-order valence-electron chi connectivity index (χ0n) is 13.8. The van der Waals surface area contributed by atoms with E-state index in [0.717, 1.165) is 31.5 Å². The second-order valence-electron chi connectivity index (χ2n) is 6.29. The summed E-state index contributed by atoms with van der Waals surface area (Å²) in [6, 6.07) is 5.95. The standard InChI is InChI=1S/C17H25Cl2N3O/c1-21-9-6-15(7-10-21)22(2)12-17(23)20-8-5-13-3-4-14(18)11-16(13)19/h3-4,11,15H,5-10,12H2,1-2H3,(H,20,23). The molecule has 6 heteroatoms. The molecule has 0 unspecified atom stereocenters. The molecule has 1 fully saturated rings. The van der Waals surface area contributed by atoms with Crippen LogP contribution in [0, 0.1) is 0 Å². The first-order chi connectivity index (χ1) is 11.0. The van der Waals surface area contributed by atoms with Gasteiger partial charge < -0.3 is 10.2 Å². The predicted molar refractivity (Wildman–Crippen MR) is 96.3 cm³/mol. The zero-order chi connectivity index (χ0) is 16.8. The van der Waals surface area contributed by atoms with Crippen LogP contribution in [0.25, 0.3) is 0 Å². The Bertz CT molecular complexity index is 531. The average molecular weight is 358 g/mol. The molecule has 1 aliphatic heterocycles. The van der Waals surface area contributed by atoms with Gasteiger partial charge in [-0.1, -0.05) is 29.3 Å². The summed E-state index contributed by atoms with van der Waals surface area (Å²) in [5.74, 6) is 0.0662. The molecule has 0 aliphatic carbocycles. The maximum absolute atomic E-state index is 12.1. The predicted octanol–water partition coefficient (Wildman–Crippen LogP) is 2.68. The van der Waals surface area contributed by atoms with Crippen molar-refractivity contribution in [3.05, 3.63) is 33.8 Å². The number of piperidine rings is 1. The van der Waals surface area contributed by atoms with Crippen molar-refractivity contribution in [1.29, 1.82) is 0 Å². The Morgan fingerprint density at radius 1 is 1.35 bits per heavy atom. The Labute approximate surface area is 148 Å². The van der Waals surface area contributed by atoms with Crippen LogP contribution in [0.4, 0.5) is 0 Å². The summed E-state index contributed by atoms with van der Waals surface area (Å²) in [4.78, 5) is 16.6. The lowest BCUT2D eigenvalue weighted by atomic mass is 10.0. The number of amides is 1. The third kappa shape index (κ3) is 5.96. The summed E-state index contributed by atoms with van der Waals surface area (Å²) in [5, 5.41) is 4.24. The summed E-state index contributed by atoms with van der Waals surface area (Å²) >= 11 is 12.0. The van der Waals surface area contributed by atoms with Crippen molar-refractivity contribution in [2.45, 2.75) is 25.3 Å². The number of nitrogens with one attached hydrogen (secondary N) is 1. The van der Waals surface area contributed by atoms with E-state index in [-0.39, 0.29) is 5.91 Å². The number of benzene rings is 1. The quantitative estimate of drug-likeness (QED) is 0.849. The highest BCUT2D eigenvalue weighted by Gasteiger charge is 2.21. The molecule has 1 saturated heterocycles. The summed E-state index contributed by atoms with van der Waals surface area (Å²) < 4.78 is 0. The van der Waals surface area contributed by atoms with Crippen molar-refractivity contribution >= 4 is 29.1 Å². The molecule has 1 aliphatic rings. The summed E-state index contributed by atoms with van der Waals surface area (Å²) in [5.41, 5.74) is 1.00. The van der Waals surface area contributed by atoms with Crippen molar-refractivity contribution in [2.24, 2.45) is 0 Å². The van der Waals surface area contributed by atoms with Crippen LogP contribution in [-0.4, -0.2) is 62.0 Å². The smallest absolute Gasteiger partial charge is 0.234 e. The first kappa shape index (κ1) is 18.5. The van der Waals surface area contributed by atoms with Gasteiger partial charge in [0.2, 0.25) is 5.91 Å². The fraction of sp³-hybridized carbons (Fsp3) is 0.588. The zero-order valence-corrected chi connectivity index (χ0v) is 15.3. The number of likely N-dealkylation sites (tertiary alicyclic amines) is 1. The Balaban J connectivity index is 1.70. The largest absolute Gasteiger partial charge is 0.355 e. The summed E-state index contributed by atoms with van der Waals surface area (Å²) in [6.45, 7) is 3.24. The van der Waals surface area contributed by atoms with Gasteiger partial charge in [-0.15, -0.1) is 0 Å². The lowest BCUT2D eigenvalue weighted by molar-refractivity contribution is -0.122. The molecule has 0 spiro atoms. The fourth-order valence-electron chi connectivity index (χ4n) is 2.91. The van der Waals surface area contributed by atoms with Gasteiger partial charge in [-0.05, 0) is 64.1 Å². The topological polar surface area (TPSA) is 35.6 Å². The van der Waals surface area contributed by atoms with Crippen LogP contribution in [0.2, 0.25) is 10.0 Å². The van der Waals surface area contributed by atoms with Gasteiger partial charge >= 0.3 is 0 Å². The Kier molecular flexibility index (Phi) is 7.15. The van der Waals surface area contributed by atoms with E-state index in [4.69, 9.17) is 23.2 Å². The minimum Gasteiger partial charge on any atom is -0.355 e. The van der Waals surface area contributed by atoms with Crippen LogP contribution >= 0.6 is 23.2 Å².